The first-order valence-electron chi connectivity index (χ1n) is 16.3. The fourth-order valence-electron chi connectivity index (χ4n) is 6.39. The fourth-order valence-corrected chi connectivity index (χ4v) is 6.39. The molecule has 2 saturated carbocycles. The van der Waals surface area contributed by atoms with Gasteiger partial charge in [0.25, 0.3) is 5.91 Å². The second kappa shape index (κ2) is 14.8. The van der Waals surface area contributed by atoms with E-state index in [1.54, 1.807) is 26.2 Å². The molecular weight excluding hydrogens is 558 g/mol. The zero-order chi connectivity index (χ0) is 31.1. The lowest BCUT2D eigenvalue weighted by atomic mass is 9.83. The van der Waals surface area contributed by atoms with Gasteiger partial charge in [-0.1, -0.05) is 38.3 Å². The van der Waals surface area contributed by atoms with Gasteiger partial charge in [0, 0.05) is 64.5 Å². The zero-order valence-electron chi connectivity index (χ0n) is 26.1. The number of aryl methyl sites for hydroxylation is 1. The molecule has 3 N–H and O–H groups in total. The van der Waals surface area contributed by atoms with Gasteiger partial charge in [-0.15, -0.1) is 0 Å². The minimum absolute atomic E-state index is 0.0465. The summed E-state index contributed by atoms with van der Waals surface area (Å²) in [7, 11) is 1.70. The van der Waals surface area contributed by atoms with Gasteiger partial charge < -0.3 is 20.9 Å². The molecule has 0 unspecified atom stereocenters. The molecule has 2 heterocycles. The Balaban J connectivity index is 1.21. The summed E-state index contributed by atoms with van der Waals surface area (Å²) < 4.78 is 1.50. The molecule has 11 heteroatoms. The van der Waals surface area contributed by atoms with Crippen molar-refractivity contribution in [2.24, 2.45) is 18.9 Å². The van der Waals surface area contributed by atoms with Crippen molar-refractivity contribution in [1.82, 2.24) is 30.2 Å². The minimum atomic E-state index is -0.659. The van der Waals surface area contributed by atoms with E-state index in [4.69, 9.17) is 0 Å². The second-order valence-electron chi connectivity index (χ2n) is 12.6. The molecule has 0 spiro atoms. The molecule has 0 radical (unpaired) electrons. The number of hydrogen-bond acceptors (Lipinski definition) is 6. The van der Waals surface area contributed by atoms with Crippen LogP contribution in [0.4, 0.5) is 5.69 Å². The number of amides is 4. The van der Waals surface area contributed by atoms with E-state index in [2.05, 4.69) is 25.9 Å². The first kappa shape index (κ1) is 31.7. The molecule has 11 nitrogen and oxygen atoms in total. The molecule has 3 fully saturated rings. The lowest BCUT2D eigenvalue weighted by Gasteiger charge is -2.36. The average molecular weight is 606 g/mol. The Kier molecular flexibility index (Phi) is 10.7. The van der Waals surface area contributed by atoms with Crippen LogP contribution in [-0.4, -0.2) is 88.0 Å². The van der Waals surface area contributed by atoms with Crippen molar-refractivity contribution < 1.29 is 19.2 Å². The first-order chi connectivity index (χ1) is 21.3. The van der Waals surface area contributed by atoms with E-state index in [0.717, 1.165) is 63.2 Å². The number of nitrogens with one attached hydrogen (secondary N) is 3. The third-order valence-corrected chi connectivity index (χ3v) is 9.26. The molecule has 1 aromatic carbocycles. The third kappa shape index (κ3) is 8.46. The largest absolute Gasteiger partial charge is 0.344 e. The fraction of sp³-hybridized carbons (Fsp3) is 0.606. The molecule has 1 aliphatic heterocycles. The average Bonchev–Trinajstić information content (AvgIpc) is 3.76. The minimum Gasteiger partial charge on any atom is -0.344 e. The van der Waals surface area contributed by atoms with Crippen molar-refractivity contribution in [2.45, 2.75) is 76.8 Å². The molecule has 44 heavy (non-hydrogen) atoms. The van der Waals surface area contributed by atoms with Gasteiger partial charge in [-0.3, -0.25) is 28.8 Å². The molecule has 5 rings (SSSR count). The number of aromatic nitrogens is 2. The van der Waals surface area contributed by atoms with Crippen molar-refractivity contribution in [3.05, 3.63) is 47.8 Å². The Morgan fingerprint density at radius 1 is 0.909 bits per heavy atom. The lowest BCUT2D eigenvalue weighted by Crippen LogP contribution is -2.55. The van der Waals surface area contributed by atoms with Crippen LogP contribution in [0.3, 0.4) is 0 Å². The first-order valence-corrected chi connectivity index (χ1v) is 16.3. The number of rotatable bonds is 12. The predicted molar refractivity (Wildman–Crippen MR) is 168 cm³/mol. The van der Waals surface area contributed by atoms with Crippen LogP contribution in [0.1, 0.15) is 74.3 Å². The van der Waals surface area contributed by atoms with E-state index in [0.29, 0.717) is 37.3 Å². The smallest absolute Gasteiger partial charge is 0.270 e. The van der Waals surface area contributed by atoms with Gasteiger partial charge in [0.05, 0.1) is 0 Å². The van der Waals surface area contributed by atoms with Gasteiger partial charge in [-0.2, -0.15) is 5.10 Å². The van der Waals surface area contributed by atoms with E-state index in [1.807, 2.05) is 29.2 Å². The zero-order valence-corrected chi connectivity index (χ0v) is 26.1. The van der Waals surface area contributed by atoms with Crippen LogP contribution in [0.25, 0.3) is 0 Å². The maximum Gasteiger partial charge on any atom is 0.270 e. The van der Waals surface area contributed by atoms with E-state index in [9.17, 15) is 19.2 Å². The van der Waals surface area contributed by atoms with Gasteiger partial charge >= 0.3 is 0 Å². The van der Waals surface area contributed by atoms with Crippen LogP contribution < -0.4 is 16.0 Å². The molecule has 1 aromatic heterocycles. The summed E-state index contributed by atoms with van der Waals surface area (Å²) in [5, 5.41) is 13.0. The van der Waals surface area contributed by atoms with Crippen LogP contribution in [0.15, 0.2) is 36.5 Å². The van der Waals surface area contributed by atoms with Crippen molar-refractivity contribution in [3.8, 4) is 0 Å². The van der Waals surface area contributed by atoms with E-state index < -0.39 is 12.1 Å². The van der Waals surface area contributed by atoms with E-state index in [1.165, 1.54) is 17.5 Å². The van der Waals surface area contributed by atoms with Gasteiger partial charge in [-0.25, -0.2) is 0 Å². The highest BCUT2D eigenvalue weighted by atomic mass is 16.2. The number of piperazine rings is 1. The Labute approximate surface area is 260 Å². The Hall–Kier alpha value is -3.73. The van der Waals surface area contributed by atoms with Gasteiger partial charge in [0.2, 0.25) is 17.7 Å². The summed E-state index contributed by atoms with van der Waals surface area (Å²) in [5.41, 5.74) is 1.91. The summed E-state index contributed by atoms with van der Waals surface area (Å²) in [5.74, 6) is 0.121. The second-order valence-corrected chi connectivity index (χ2v) is 12.6. The SMILES string of the molecule is CCC(=O)N[C@H](Cc1ccc(NC(=O)[C@@H](NC(=O)c2ccnn2C)C2CCCCC2)cc1)C(=O)N1CCN(CC2CC2)CC1. The third-order valence-electron chi connectivity index (χ3n) is 9.26. The normalized spacial score (nSPS) is 19.2. The molecule has 2 aliphatic carbocycles. The monoisotopic (exact) mass is 605 g/mol. The maximum absolute atomic E-state index is 13.5. The summed E-state index contributed by atoms with van der Waals surface area (Å²) in [4.78, 5) is 56.7. The molecule has 0 bridgehead atoms. The van der Waals surface area contributed by atoms with Crippen LogP contribution >= 0.6 is 0 Å². The molecule has 238 valence electrons. The van der Waals surface area contributed by atoms with Gasteiger partial charge in [-0.05, 0) is 61.3 Å². The van der Waals surface area contributed by atoms with E-state index in [-0.39, 0.29) is 29.5 Å². The Morgan fingerprint density at radius 2 is 1.61 bits per heavy atom. The summed E-state index contributed by atoms with van der Waals surface area (Å²) >= 11 is 0. The Bertz CT molecular complexity index is 1290. The number of hydrogen-bond donors (Lipinski definition) is 3. The summed E-state index contributed by atoms with van der Waals surface area (Å²) in [6, 6.07) is 7.72. The van der Waals surface area contributed by atoms with E-state index >= 15 is 0 Å². The molecule has 4 amide bonds. The van der Waals surface area contributed by atoms with Crippen LogP contribution in [0, 0.1) is 11.8 Å². The lowest BCUT2D eigenvalue weighted by molar-refractivity contribution is -0.137. The van der Waals surface area contributed by atoms with Gasteiger partial charge in [0.1, 0.15) is 17.8 Å². The highest BCUT2D eigenvalue weighted by Crippen LogP contribution is 2.30. The number of carbonyl (C=O) groups is 4. The molecule has 1 saturated heterocycles. The maximum atomic E-state index is 13.5. The summed E-state index contributed by atoms with van der Waals surface area (Å²) in [6.45, 7) is 6.00. The number of nitrogens with zero attached hydrogens (tertiary/aromatic N) is 4. The van der Waals surface area contributed by atoms with Crippen LogP contribution in [-0.2, 0) is 27.9 Å². The summed E-state index contributed by atoms with van der Waals surface area (Å²) in [6.07, 6.45) is 9.86. The quantitative estimate of drug-likeness (QED) is 0.341. The predicted octanol–water partition coefficient (Wildman–Crippen LogP) is 2.73. The highest BCUT2D eigenvalue weighted by Gasteiger charge is 2.33. The molecular formula is C33H47N7O4. The van der Waals surface area contributed by atoms with Crippen molar-refractivity contribution in [1.29, 1.82) is 0 Å². The van der Waals surface area contributed by atoms with Crippen LogP contribution in [0.5, 0.6) is 0 Å². The van der Waals surface area contributed by atoms with Crippen molar-refractivity contribution in [2.75, 3.05) is 38.0 Å². The molecule has 3 aliphatic rings. The number of carbonyl (C=O) groups excluding carboxylic acids is 4. The van der Waals surface area contributed by atoms with Crippen molar-refractivity contribution in [3.63, 3.8) is 0 Å². The van der Waals surface area contributed by atoms with Crippen molar-refractivity contribution >= 4 is 29.3 Å². The Morgan fingerprint density at radius 3 is 2.23 bits per heavy atom. The molecule has 2 aromatic rings. The number of anilines is 1. The molecule has 2 atom stereocenters. The number of benzene rings is 1. The van der Waals surface area contributed by atoms with Crippen LogP contribution in [0.2, 0.25) is 0 Å². The highest BCUT2D eigenvalue weighted by molar-refractivity contribution is 6.00. The topological polar surface area (TPSA) is 129 Å². The standard InChI is InChI=1S/C33H47N7O4/c1-3-29(41)36-27(33(44)40-19-17-39(18-20-40)22-24-9-10-24)21-23-11-13-26(14-12-23)35-32(43)30(25-7-5-4-6-8-25)37-31(42)28-15-16-34-38(28)2/h11-16,24-25,27,30H,3-10,17-22H2,1-2H3,(H,35,43)(H,36,41)(H,37,42)/t27-,30+/m1/s1. The van der Waals surface area contributed by atoms with Gasteiger partial charge in [0.15, 0.2) is 0 Å².